The maximum atomic E-state index is 11.5. The summed E-state index contributed by atoms with van der Waals surface area (Å²) in [6.07, 6.45) is 0. The van der Waals surface area contributed by atoms with Crippen molar-refractivity contribution in [1.29, 1.82) is 0 Å². The predicted octanol–water partition coefficient (Wildman–Crippen LogP) is 4.05. The first-order chi connectivity index (χ1) is 9.58. The van der Waals surface area contributed by atoms with Gasteiger partial charge in [0.15, 0.2) is 6.04 Å². The third-order valence-electron chi connectivity index (χ3n) is 3.27. The molecule has 2 aromatic rings. The van der Waals surface area contributed by atoms with Gasteiger partial charge in [0, 0.05) is 5.69 Å². The molecule has 2 N–H and O–H groups in total. The van der Waals surface area contributed by atoms with Crippen molar-refractivity contribution >= 4 is 11.7 Å². The molecule has 2 rings (SSSR count). The van der Waals surface area contributed by atoms with Crippen LogP contribution >= 0.6 is 0 Å². The summed E-state index contributed by atoms with van der Waals surface area (Å²) >= 11 is 0. The summed E-state index contributed by atoms with van der Waals surface area (Å²) in [7, 11) is 0. The third kappa shape index (κ3) is 3.38. The number of rotatable bonds is 5. The lowest BCUT2D eigenvalue weighted by atomic mass is 9.99. The monoisotopic (exact) mass is 269 g/mol. The second-order valence-electron chi connectivity index (χ2n) is 5.10. The van der Waals surface area contributed by atoms with E-state index in [9.17, 15) is 9.90 Å². The van der Waals surface area contributed by atoms with Crippen LogP contribution in [-0.2, 0) is 4.79 Å². The average Bonchev–Trinajstić information content (AvgIpc) is 2.45. The highest BCUT2D eigenvalue weighted by Gasteiger charge is 2.19. The zero-order valence-corrected chi connectivity index (χ0v) is 11.7. The lowest BCUT2D eigenvalue weighted by Gasteiger charge is -2.17. The quantitative estimate of drug-likeness (QED) is 0.861. The van der Waals surface area contributed by atoms with Crippen LogP contribution in [0.4, 0.5) is 5.69 Å². The molecule has 0 amide bonds. The highest BCUT2D eigenvalue weighted by Crippen LogP contribution is 2.22. The minimum absolute atomic E-state index is 0.439. The molecule has 0 spiro atoms. The molecule has 0 fully saturated rings. The lowest BCUT2D eigenvalue weighted by molar-refractivity contribution is -0.138. The molecule has 0 heterocycles. The fourth-order valence-corrected chi connectivity index (χ4v) is 2.06. The Bertz CT molecular complexity index is 561. The van der Waals surface area contributed by atoms with Crippen molar-refractivity contribution in [1.82, 2.24) is 0 Å². The summed E-state index contributed by atoms with van der Waals surface area (Å²) < 4.78 is 0. The topological polar surface area (TPSA) is 49.3 Å². The standard InChI is InChI=1S/C17H19NO2/c1-12(2)13-8-10-14(11-9-13)16(17(19)20)18-15-6-4-3-5-7-15/h3-12,16,18H,1-2H3,(H,19,20). The largest absolute Gasteiger partial charge is 0.479 e. The molecule has 104 valence electrons. The van der Waals surface area contributed by atoms with Gasteiger partial charge in [0.2, 0.25) is 0 Å². The van der Waals surface area contributed by atoms with Crippen LogP contribution in [0.2, 0.25) is 0 Å². The summed E-state index contributed by atoms with van der Waals surface area (Å²) in [6, 6.07) is 16.4. The van der Waals surface area contributed by atoms with Gasteiger partial charge in [-0.05, 0) is 29.2 Å². The molecule has 0 aliphatic heterocycles. The van der Waals surface area contributed by atoms with E-state index in [1.165, 1.54) is 5.56 Å². The highest BCUT2D eigenvalue weighted by atomic mass is 16.4. The Balaban J connectivity index is 2.22. The van der Waals surface area contributed by atoms with Crippen LogP contribution in [0.1, 0.15) is 36.9 Å². The maximum absolute atomic E-state index is 11.5. The molecular weight excluding hydrogens is 250 g/mol. The van der Waals surface area contributed by atoms with Crippen molar-refractivity contribution in [3.8, 4) is 0 Å². The van der Waals surface area contributed by atoms with E-state index in [1.54, 1.807) is 0 Å². The van der Waals surface area contributed by atoms with Gasteiger partial charge in [-0.2, -0.15) is 0 Å². The smallest absolute Gasteiger partial charge is 0.330 e. The Hall–Kier alpha value is -2.29. The molecule has 0 bridgehead atoms. The van der Waals surface area contributed by atoms with Crippen LogP contribution in [-0.4, -0.2) is 11.1 Å². The number of anilines is 1. The van der Waals surface area contributed by atoms with Crippen LogP contribution < -0.4 is 5.32 Å². The van der Waals surface area contributed by atoms with Crippen molar-refractivity contribution < 1.29 is 9.90 Å². The number of aliphatic carboxylic acids is 1. The predicted molar refractivity (Wildman–Crippen MR) is 81.0 cm³/mol. The Morgan fingerprint density at radius 1 is 0.950 bits per heavy atom. The van der Waals surface area contributed by atoms with Gasteiger partial charge in [-0.25, -0.2) is 4.79 Å². The summed E-state index contributed by atoms with van der Waals surface area (Å²) in [5.41, 5.74) is 2.76. The number of carboxylic acids is 1. The summed E-state index contributed by atoms with van der Waals surface area (Å²) in [4.78, 5) is 11.5. The zero-order valence-electron chi connectivity index (χ0n) is 11.7. The Morgan fingerprint density at radius 2 is 1.50 bits per heavy atom. The Labute approximate surface area is 119 Å². The van der Waals surface area contributed by atoms with Crippen molar-refractivity contribution in [2.45, 2.75) is 25.8 Å². The van der Waals surface area contributed by atoms with Crippen LogP contribution in [0, 0.1) is 0 Å². The number of carbonyl (C=O) groups is 1. The first-order valence-electron chi connectivity index (χ1n) is 6.72. The zero-order chi connectivity index (χ0) is 14.5. The van der Waals surface area contributed by atoms with E-state index in [2.05, 4.69) is 19.2 Å². The summed E-state index contributed by atoms with van der Waals surface area (Å²) in [5, 5.41) is 12.4. The second-order valence-corrected chi connectivity index (χ2v) is 5.10. The van der Waals surface area contributed by atoms with Gasteiger partial charge in [-0.15, -0.1) is 0 Å². The molecule has 2 aromatic carbocycles. The fourth-order valence-electron chi connectivity index (χ4n) is 2.06. The van der Waals surface area contributed by atoms with Gasteiger partial charge in [0.25, 0.3) is 0 Å². The molecule has 1 atom stereocenters. The number of nitrogens with one attached hydrogen (secondary N) is 1. The molecular formula is C17H19NO2. The number of carboxylic acid groups (broad SMARTS) is 1. The maximum Gasteiger partial charge on any atom is 0.330 e. The highest BCUT2D eigenvalue weighted by molar-refractivity contribution is 5.79. The molecule has 0 saturated heterocycles. The minimum Gasteiger partial charge on any atom is -0.479 e. The Kier molecular flexibility index (Phi) is 4.41. The van der Waals surface area contributed by atoms with Crippen LogP contribution in [0.15, 0.2) is 54.6 Å². The van der Waals surface area contributed by atoms with E-state index in [0.717, 1.165) is 11.3 Å². The number of benzene rings is 2. The van der Waals surface area contributed by atoms with Gasteiger partial charge in [0.1, 0.15) is 0 Å². The fraction of sp³-hybridized carbons (Fsp3) is 0.235. The molecule has 3 heteroatoms. The van der Waals surface area contributed by atoms with E-state index < -0.39 is 12.0 Å². The van der Waals surface area contributed by atoms with E-state index >= 15 is 0 Å². The lowest BCUT2D eigenvalue weighted by Crippen LogP contribution is -2.20. The van der Waals surface area contributed by atoms with E-state index in [0.29, 0.717) is 5.92 Å². The van der Waals surface area contributed by atoms with E-state index in [4.69, 9.17) is 0 Å². The first-order valence-corrected chi connectivity index (χ1v) is 6.72. The van der Waals surface area contributed by atoms with Crippen molar-refractivity contribution in [3.63, 3.8) is 0 Å². The molecule has 0 radical (unpaired) electrons. The van der Waals surface area contributed by atoms with E-state index in [1.807, 2.05) is 54.6 Å². The van der Waals surface area contributed by atoms with Crippen LogP contribution in [0.5, 0.6) is 0 Å². The normalized spacial score (nSPS) is 12.2. The second kappa shape index (κ2) is 6.24. The van der Waals surface area contributed by atoms with Crippen molar-refractivity contribution in [3.05, 3.63) is 65.7 Å². The summed E-state index contributed by atoms with van der Waals surface area (Å²) in [5.74, 6) is -0.444. The van der Waals surface area contributed by atoms with Gasteiger partial charge in [0.05, 0.1) is 0 Å². The molecule has 0 aromatic heterocycles. The van der Waals surface area contributed by atoms with Crippen LogP contribution in [0.25, 0.3) is 0 Å². The average molecular weight is 269 g/mol. The number of hydrogen-bond acceptors (Lipinski definition) is 2. The van der Waals surface area contributed by atoms with Crippen LogP contribution in [0.3, 0.4) is 0 Å². The van der Waals surface area contributed by atoms with E-state index in [-0.39, 0.29) is 0 Å². The van der Waals surface area contributed by atoms with Gasteiger partial charge in [-0.3, -0.25) is 0 Å². The molecule has 20 heavy (non-hydrogen) atoms. The molecule has 0 aliphatic rings. The SMILES string of the molecule is CC(C)c1ccc(C(Nc2ccccc2)C(=O)O)cc1. The molecule has 3 nitrogen and oxygen atoms in total. The van der Waals surface area contributed by atoms with Gasteiger partial charge in [-0.1, -0.05) is 56.3 Å². The molecule has 0 saturated carbocycles. The number of hydrogen-bond donors (Lipinski definition) is 2. The molecule has 1 unspecified atom stereocenters. The first kappa shape index (κ1) is 14.1. The van der Waals surface area contributed by atoms with Crippen molar-refractivity contribution in [2.24, 2.45) is 0 Å². The minimum atomic E-state index is -0.883. The third-order valence-corrected chi connectivity index (χ3v) is 3.27. The van der Waals surface area contributed by atoms with Gasteiger partial charge >= 0.3 is 5.97 Å². The Morgan fingerprint density at radius 3 is 2.00 bits per heavy atom. The molecule has 0 aliphatic carbocycles. The number of para-hydroxylation sites is 1. The van der Waals surface area contributed by atoms with Crippen molar-refractivity contribution in [2.75, 3.05) is 5.32 Å². The summed E-state index contributed by atoms with van der Waals surface area (Å²) in [6.45, 7) is 4.23. The van der Waals surface area contributed by atoms with Gasteiger partial charge < -0.3 is 10.4 Å².